The first-order chi connectivity index (χ1) is 12.0. The van der Waals surface area contributed by atoms with Gasteiger partial charge in [-0.1, -0.05) is 6.07 Å². The van der Waals surface area contributed by atoms with E-state index in [9.17, 15) is 4.79 Å². The van der Waals surface area contributed by atoms with Crippen LogP contribution in [0.1, 0.15) is 21.7 Å². The molecule has 25 heavy (non-hydrogen) atoms. The Morgan fingerprint density at radius 2 is 2.12 bits per heavy atom. The second-order valence-corrected chi connectivity index (χ2v) is 5.77. The van der Waals surface area contributed by atoms with E-state index in [1.54, 1.807) is 15.6 Å². The van der Waals surface area contributed by atoms with Crippen molar-refractivity contribution in [3.8, 4) is 5.75 Å². The number of aryl methyl sites for hydroxylation is 2. The van der Waals surface area contributed by atoms with E-state index in [4.69, 9.17) is 4.74 Å². The van der Waals surface area contributed by atoms with E-state index in [2.05, 4.69) is 15.5 Å². The fourth-order valence-electron chi connectivity index (χ4n) is 2.65. The minimum Gasteiger partial charge on any atom is -0.492 e. The highest BCUT2D eigenvalue weighted by molar-refractivity contribution is 6.05. The summed E-state index contributed by atoms with van der Waals surface area (Å²) in [6, 6.07) is 9.22. The van der Waals surface area contributed by atoms with Crippen molar-refractivity contribution in [3.63, 3.8) is 0 Å². The molecule has 0 aliphatic heterocycles. The van der Waals surface area contributed by atoms with Crippen molar-refractivity contribution in [2.24, 2.45) is 7.05 Å². The lowest BCUT2D eigenvalue weighted by atomic mass is 10.2. The molecule has 1 aromatic carbocycles. The molecule has 0 bridgehead atoms. The van der Waals surface area contributed by atoms with Crippen LogP contribution in [0.15, 0.2) is 42.7 Å². The molecule has 0 atom stereocenters. The molecule has 2 heterocycles. The number of carbonyl (C=O) groups excluding carboxylic acids is 1. The molecule has 7 heteroatoms. The number of rotatable bonds is 6. The van der Waals surface area contributed by atoms with Gasteiger partial charge in [0, 0.05) is 36.9 Å². The number of nitrogens with zero attached hydrogens (tertiary/aromatic N) is 4. The summed E-state index contributed by atoms with van der Waals surface area (Å²) in [6.07, 6.45) is 3.62. The molecule has 3 rings (SSSR count). The molecular weight excluding hydrogens is 318 g/mol. The maximum Gasteiger partial charge on any atom is 0.259 e. The minimum absolute atomic E-state index is 0.170. The Labute approximate surface area is 146 Å². The third kappa shape index (κ3) is 3.88. The smallest absolute Gasteiger partial charge is 0.259 e. The number of anilines is 1. The third-order valence-electron chi connectivity index (χ3n) is 3.98. The zero-order chi connectivity index (χ0) is 17.8. The zero-order valence-electron chi connectivity index (χ0n) is 14.6. The van der Waals surface area contributed by atoms with Crippen molar-refractivity contribution >= 4 is 11.6 Å². The van der Waals surface area contributed by atoms with Crippen LogP contribution in [-0.4, -0.2) is 32.1 Å². The average Bonchev–Trinajstić information content (AvgIpc) is 3.16. The topological polar surface area (TPSA) is 74.0 Å². The van der Waals surface area contributed by atoms with Gasteiger partial charge in [0.05, 0.1) is 17.8 Å². The minimum atomic E-state index is -0.170. The van der Waals surface area contributed by atoms with E-state index in [0.717, 1.165) is 5.69 Å². The Morgan fingerprint density at radius 3 is 2.80 bits per heavy atom. The van der Waals surface area contributed by atoms with E-state index in [0.29, 0.717) is 35.8 Å². The number of carbonyl (C=O) groups is 1. The van der Waals surface area contributed by atoms with E-state index in [-0.39, 0.29) is 5.91 Å². The SMILES string of the molecule is Cc1nn(C)c(C)c1C(=O)Nc1cccc(OCCn2cccn2)c1. The van der Waals surface area contributed by atoms with E-state index in [1.165, 1.54) is 0 Å². The van der Waals surface area contributed by atoms with E-state index < -0.39 is 0 Å². The van der Waals surface area contributed by atoms with Gasteiger partial charge in [-0.3, -0.25) is 14.2 Å². The van der Waals surface area contributed by atoms with Crippen LogP contribution in [0.2, 0.25) is 0 Å². The predicted molar refractivity (Wildman–Crippen MR) is 94.8 cm³/mol. The van der Waals surface area contributed by atoms with Gasteiger partial charge in [0.15, 0.2) is 0 Å². The van der Waals surface area contributed by atoms with Crippen molar-refractivity contribution in [2.45, 2.75) is 20.4 Å². The number of hydrogen-bond acceptors (Lipinski definition) is 4. The lowest BCUT2D eigenvalue weighted by Gasteiger charge is -2.09. The fraction of sp³-hybridized carbons (Fsp3) is 0.278. The summed E-state index contributed by atoms with van der Waals surface area (Å²) in [7, 11) is 1.83. The first-order valence-corrected chi connectivity index (χ1v) is 8.06. The molecule has 0 unspecified atom stereocenters. The molecule has 0 aliphatic rings. The van der Waals surface area contributed by atoms with Crippen LogP contribution in [0.3, 0.4) is 0 Å². The van der Waals surface area contributed by atoms with E-state index in [1.807, 2.05) is 57.4 Å². The van der Waals surface area contributed by atoms with Crippen LogP contribution < -0.4 is 10.1 Å². The van der Waals surface area contributed by atoms with Gasteiger partial charge in [-0.15, -0.1) is 0 Å². The van der Waals surface area contributed by atoms with Crippen LogP contribution in [0, 0.1) is 13.8 Å². The maximum absolute atomic E-state index is 12.5. The number of aromatic nitrogens is 4. The van der Waals surface area contributed by atoms with Crippen molar-refractivity contribution in [3.05, 3.63) is 59.7 Å². The molecular formula is C18H21N5O2. The summed E-state index contributed by atoms with van der Waals surface area (Å²) in [5.74, 6) is 0.529. The molecule has 0 saturated carbocycles. The highest BCUT2D eigenvalue weighted by atomic mass is 16.5. The van der Waals surface area contributed by atoms with Gasteiger partial charge in [-0.05, 0) is 32.0 Å². The summed E-state index contributed by atoms with van der Waals surface area (Å²) in [4.78, 5) is 12.5. The predicted octanol–water partition coefficient (Wildman–Crippen LogP) is 2.56. The Bertz CT molecular complexity index is 868. The summed E-state index contributed by atoms with van der Waals surface area (Å²) in [6.45, 7) is 4.87. The van der Waals surface area contributed by atoms with Gasteiger partial charge in [0.2, 0.25) is 0 Å². The molecule has 0 saturated heterocycles. The van der Waals surface area contributed by atoms with Gasteiger partial charge >= 0.3 is 0 Å². The van der Waals surface area contributed by atoms with Crippen LogP contribution in [0.4, 0.5) is 5.69 Å². The highest BCUT2D eigenvalue weighted by Gasteiger charge is 2.17. The Kier molecular flexibility index (Phi) is 4.83. The molecule has 0 fully saturated rings. The quantitative estimate of drug-likeness (QED) is 0.749. The number of amides is 1. The van der Waals surface area contributed by atoms with Crippen LogP contribution >= 0.6 is 0 Å². The van der Waals surface area contributed by atoms with E-state index >= 15 is 0 Å². The highest BCUT2D eigenvalue weighted by Crippen LogP contribution is 2.20. The molecule has 0 radical (unpaired) electrons. The summed E-state index contributed by atoms with van der Waals surface area (Å²) < 4.78 is 9.24. The molecule has 1 amide bonds. The molecule has 0 aliphatic carbocycles. The first-order valence-electron chi connectivity index (χ1n) is 8.06. The van der Waals surface area contributed by atoms with Crippen LogP contribution in [0.5, 0.6) is 5.75 Å². The maximum atomic E-state index is 12.5. The average molecular weight is 339 g/mol. The lowest BCUT2D eigenvalue weighted by Crippen LogP contribution is -2.14. The summed E-state index contributed by atoms with van der Waals surface area (Å²) in [5, 5.41) is 11.3. The van der Waals surface area contributed by atoms with Crippen molar-refractivity contribution in [1.29, 1.82) is 0 Å². The number of benzene rings is 1. The molecule has 0 spiro atoms. The lowest BCUT2D eigenvalue weighted by molar-refractivity contribution is 0.102. The zero-order valence-corrected chi connectivity index (χ0v) is 14.6. The molecule has 130 valence electrons. The van der Waals surface area contributed by atoms with Gasteiger partial charge < -0.3 is 10.1 Å². The van der Waals surface area contributed by atoms with Gasteiger partial charge in [-0.25, -0.2) is 0 Å². The monoisotopic (exact) mass is 339 g/mol. The Hall–Kier alpha value is -3.09. The second-order valence-electron chi connectivity index (χ2n) is 5.77. The number of ether oxygens (including phenoxy) is 1. The Balaban J connectivity index is 1.64. The first kappa shape index (κ1) is 16.8. The molecule has 1 N–H and O–H groups in total. The Morgan fingerprint density at radius 1 is 1.28 bits per heavy atom. The molecule has 2 aromatic heterocycles. The standard InChI is InChI=1S/C18H21N5O2/c1-13-17(14(2)22(3)21-13)18(24)20-15-6-4-7-16(12-15)25-11-10-23-9-5-8-19-23/h4-9,12H,10-11H2,1-3H3,(H,20,24). The number of nitrogens with one attached hydrogen (secondary N) is 1. The number of hydrogen-bond donors (Lipinski definition) is 1. The molecule has 3 aromatic rings. The second kappa shape index (κ2) is 7.21. The van der Waals surface area contributed by atoms with Crippen LogP contribution in [-0.2, 0) is 13.6 Å². The summed E-state index contributed by atoms with van der Waals surface area (Å²) >= 11 is 0. The largest absolute Gasteiger partial charge is 0.492 e. The normalized spacial score (nSPS) is 10.7. The fourth-order valence-corrected chi connectivity index (χ4v) is 2.65. The third-order valence-corrected chi connectivity index (χ3v) is 3.98. The van der Waals surface area contributed by atoms with Crippen molar-refractivity contribution in [2.75, 3.05) is 11.9 Å². The van der Waals surface area contributed by atoms with Crippen molar-refractivity contribution < 1.29 is 9.53 Å². The van der Waals surface area contributed by atoms with Crippen molar-refractivity contribution in [1.82, 2.24) is 19.6 Å². The van der Waals surface area contributed by atoms with Gasteiger partial charge in [0.1, 0.15) is 12.4 Å². The van der Waals surface area contributed by atoms with Gasteiger partial charge in [-0.2, -0.15) is 10.2 Å². The summed E-state index contributed by atoms with van der Waals surface area (Å²) in [5.41, 5.74) is 2.84. The van der Waals surface area contributed by atoms with Gasteiger partial charge in [0.25, 0.3) is 5.91 Å². The van der Waals surface area contributed by atoms with Crippen LogP contribution in [0.25, 0.3) is 0 Å². The molecule has 7 nitrogen and oxygen atoms in total.